The molecule has 0 aliphatic rings. The summed E-state index contributed by atoms with van der Waals surface area (Å²) in [6, 6.07) is 16.4. The number of hydrogen-bond acceptors (Lipinski definition) is 9. The molecule has 0 aromatic heterocycles. The molecule has 0 heterocycles. The first-order chi connectivity index (χ1) is 23.7. The molecule has 1 N–H and O–H groups in total. The van der Waals surface area contributed by atoms with Gasteiger partial charge in [-0.25, -0.2) is 0 Å². The Balaban J connectivity index is 1.95. The molecule has 0 saturated heterocycles. The van der Waals surface area contributed by atoms with Gasteiger partial charge in [-0.3, -0.25) is 9.69 Å². The second-order valence-electron chi connectivity index (χ2n) is 12.7. The molecule has 0 aliphatic carbocycles. The van der Waals surface area contributed by atoms with E-state index in [1.54, 1.807) is 14.2 Å². The molecule has 2 aromatic carbocycles. The molecular weight excluding hydrogens is 624 g/mol. The van der Waals surface area contributed by atoms with Gasteiger partial charge in [0.1, 0.15) is 12.4 Å². The third-order valence-electron chi connectivity index (χ3n) is 9.24. The van der Waals surface area contributed by atoms with Crippen molar-refractivity contribution >= 4 is 5.91 Å². The average Bonchev–Trinajstić information content (AvgIpc) is 3.12. The second-order valence-corrected chi connectivity index (χ2v) is 12.7. The Morgan fingerprint density at radius 1 is 0.939 bits per heavy atom. The van der Waals surface area contributed by atoms with Crippen LogP contribution in [-0.4, -0.2) is 63.5 Å². The molecule has 2 aromatic rings. The van der Waals surface area contributed by atoms with Gasteiger partial charge in [0, 0.05) is 12.6 Å². The summed E-state index contributed by atoms with van der Waals surface area (Å²) in [5, 5.41) is 22.5. The summed E-state index contributed by atoms with van der Waals surface area (Å²) in [6.07, 6.45) is 14.9. The lowest BCUT2D eigenvalue weighted by Crippen LogP contribution is -2.32. The quantitative estimate of drug-likeness (QED) is 0.0565. The molecular formula is C38H58N4O7. The lowest BCUT2D eigenvalue weighted by atomic mass is 9.74. The van der Waals surface area contributed by atoms with Gasteiger partial charge in [0.25, 0.3) is 11.0 Å². The molecule has 0 aliphatic heterocycles. The molecule has 11 heteroatoms. The van der Waals surface area contributed by atoms with Crippen LogP contribution in [0.1, 0.15) is 114 Å². The van der Waals surface area contributed by atoms with E-state index in [1.807, 2.05) is 42.5 Å². The molecule has 0 spiro atoms. The van der Waals surface area contributed by atoms with Gasteiger partial charge in [-0.05, 0) is 75.2 Å². The van der Waals surface area contributed by atoms with E-state index in [-0.39, 0.29) is 31.7 Å². The molecule has 0 bridgehead atoms. The Bertz CT molecular complexity index is 1280. The Morgan fingerprint density at radius 2 is 1.55 bits per heavy atom. The van der Waals surface area contributed by atoms with Gasteiger partial charge in [-0.2, -0.15) is 5.26 Å². The van der Waals surface area contributed by atoms with Crippen molar-refractivity contribution in [1.29, 1.82) is 5.26 Å². The first kappa shape index (κ1) is 41.1. The van der Waals surface area contributed by atoms with Gasteiger partial charge in [0.15, 0.2) is 18.1 Å². The van der Waals surface area contributed by atoms with Gasteiger partial charge in [0.05, 0.1) is 25.7 Å². The molecule has 2 atom stereocenters. The van der Waals surface area contributed by atoms with E-state index in [1.165, 1.54) is 51.4 Å². The lowest BCUT2D eigenvalue weighted by molar-refractivity contribution is -0.757. The Hall–Kier alpha value is -4.04. The highest BCUT2D eigenvalue weighted by atomic mass is 16.9. The summed E-state index contributed by atoms with van der Waals surface area (Å²) in [4.78, 5) is 28.6. The molecule has 0 saturated carbocycles. The smallest absolute Gasteiger partial charge is 0.294 e. The van der Waals surface area contributed by atoms with Crippen LogP contribution in [0.3, 0.4) is 0 Å². The van der Waals surface area contributed by atoms with E-state index in [9.17, 15) is 20.2 Å². The van der Waals surface area contributed by atoms with Crippen molar-refractivity contribution in [3.8, 4) is 23.3 Å². The first-order valence-corrected chi connectivity index (χ1v) is 17.8. The topological polar surface area (TPSA) is 136 Å². The molecule has 11 nitrogen and oxygen atoms in total. The number of hydrogen-bond donors (Lipinski definition) is 1. The second kappa shape index (κ2) is 23.3. The summed E-state index contributed by atoms with van der Waals surface area (Å²) in [6.45, 7) is 4.81. The standard InChI is InChI=1S/C38H58N4O7/c1-6-7-8-9-10-11-12-13-14-15-23-38(30-39,33-19-22-35(46-4)36(28-33)47-5)24-16-26-41(3)31(2)32-17-20-34(21-18-32)48-29-37(43)40-25-27-49-42(44)45/h17-22,28,31H,6-16,23-27,29H2,1-5H3,(H,40,43). The van der Waals surface area contributed by atoms with E-state index in [0.717, 1.165) is 49.8 Å². The average molecular weight is 683 g/mol. The number of methoxy groups -OCH3 is 2. The minimum atomic E-state index is -0.900. The summed E-state index contributed by atoms with van der Waals surface area (Å²) < 4.78 is 16.6. The highest BCUT2D eigenvalue weighted by Crippen LogP contribution is 2.39. The zero-order valence-corrected chi connectivity index (χ0v) is 30.3. The number of nitrogens with zero attached hydrogens (tertiary/aromatic N) is 3. The van der Waals surface area contributed by atoms with Crippen LogP contribution in [-0.2, 0) is 15.0 Å². The number of nitriles is 1. The van der Waals surface area contributed by atoms with Gasteiger partial charge < -0.3 is 24.4 Å². The number of ether oxygens (including phenoxy) is 3. The molecule has 272 valence electrons. The number of carbonyl (C=O) groups is 1. The van der Waals surface area contributed by atoms with Crippen LogP contribution in [0.2, 0.25) is 0 Å². The Kier molecular flexibility index (Phi) is 19.6. The molecule has 49 heavy (non-hydrogen) atoms. The zero-order valence-electron chi connectivity index (χ0n) is 30.3. The highest BCUT2D eigenvalue weighted by Gasteiger charge is 2.33. The lowest BCUT2D eigenvalue weighted by Gasteiger charge is -2.30. The largest absolute Gasteiger partial charge is 0.493 e. The number of rotatable bonds is 27. The van der Waals surface area contributed by atoms with Crippen LogP contribution >= 0.6 is 0 Å². The highest BCUT2D eigenvalue weighted by molar-refractivity contribution is 5.77. The predicted molar refractivity (Wildman–Crippen MR) is 191 cm³/mol. The third-order valence-corrected chi connectivity index (χ3v) is 9.24. The van der Waals surface area contributed by atoms with Crippen LogP contribution in [0.25, 0.3) is 0 Å². The maximum Gasteiger partial charge on any atom is 0.294 e. The summed E-state index contributed by atoms with van der Waals surface area (Å²) >= 11 is 0. The van der Waals surface area contributed by atoms with Crippen molar-refractivity contribution < 1.29 is 28.9 Å². The van der Waals surface area contributed by atoms with E-state index >= 15 is 0 Å². The molecule has 0 fully saturated rings. The van der Waals surface area contributed by atoms with Gasteiger partial charge in [0.2, 0.25) is 0 Å². The Labute approximate surface area is 293 Å². The maximum atomic E-state index is 11.9. The van der Waals surface area contributed by atoms with Crippen molar-refractivity contribution in [3.63, 3.8) is 0 Å². The zero-order chi connectivity index (χ0) is 35.9. The van der Waals surface area contributed by atoms with E-state index in [0.29, 0.717) is 17.2 Å². The van der Waals surface area contributed by atoms with Crippen molar-refractivity contribution in [2.45, 2.75) is 109 Å². The molecule has 2 unspecified atom stereocenters. The summed E-state index contributed by atoms with van der Waals surface area (Å²) in [5.74, 6) is 1.46. The number of nitrogens with one attached hydrogen (secondary N) is 1. The normalized spacial score (nSPS) is 12.8. The van der Waals surface area contributed by atoms with E-state index in [2.05, 4.69) is 42.0 Å². The number of benzene rings is 2. The minimum absolute atomic E-state index is 0.0229. The van der Waals surface area contributed by atoms with Gasteiger partial charge in [-0.1, -0.05) is 89.3 Å². The summed E-state index contributed by atoms with van der Waals surface area (Å²) in [7, 11) is 5.35. The van der Waals surface area contributed by atoms with Crippen molar-refractivity contribution in [1.82, 2.24) is 10.2 Å². The third kappa shape index (κ3) is 14.9. The van der Waals surface area contributed by atoms with E-state index in [4.69, 9.17) is 14.2 Å². The first-order valence-electron chi connectivity index (χ1n) is 17.8. The van der Waals surface area contributed by atoms with Crippen LogP contribution in [0.15, 0.2) is 42.5 Å². The van der Waals surface area contributed by atoms with Gasteiger partial charge >= 0.3 is 0 Å². The van der Waals surface area contributed by atoms with E-state index < -0.39 is 10.5 Å². The molecule has 1 amide bonds. The fourth-order valence-corrected chi connectivity index (χ4v) is 6.07. The fourth-order valence-electron chi connectivity index (χ4n) is 6.07. The minimum Gasteiger partial charge on any atom is -0.493 e. The number of amides is 1. The van der Waals surface area contributed by atoms with Crippen molar-refractivity contribution in [2.24, 2.45) is 0 Å². The number of carbonyl (C=O) groups excluding carboxylic acids is 1. The SMILES string of the molecule is CCCCCCCCCCCCC(C#N)(CCCN(C)C(C)c1ccc(OCC(=O)NCCO[N+](=O)[O-])cc1)c1ccc(OC)c(OC)c1. The van der Waals surface area contributed by atoms with Crippen LogP contribution < -0.4 is 19.5 Å². The fraction of sp³-hybridized carbons (Fsp3) is 0.632. The van der Waals surface area contributed by atoms with Crippen LogP contribution in [0, 0.1) is 21.4 Å². The van der Waals surface area contributed by atoms with Crippen molar-refractivity contribution in [3.05, 3.63) is 63.7 Å². The molecule has 2 rings (SSSR count). The monoisotopic (exact) mass is 682 g/mol. The van der Waals surface area contributed by atoms with Crippen LogP contribution in [0.4, 0.5) is 0 Å². The summed E-state index contributed by atoms with van der Waals surface area (Å²) in [5.41, 5.74) is 1.47. The number of unbranched alkanes of at least 4 members (excludes halogenated alkanes) is 9. The Morgan fingerprint density at radius 3 is 2.14 bits per heavy atom. The van der Waals surface area contributed by atoms with Crippen LogP contribution in [0.5, 0.6) is 17.2 Å². The van der Waals surface area contributed by atoms with Crippen molar-refractivity contribution in [2.75, 3.05) is 47.6 Å². The predicted octanol–water partition coefficient (Wildman–Crippen LogP) is 7.95. The maximum absolute atomic E-state index is 11.9. The molecule has 0 radical (unpaired) electrons. The van der Waals surface area contributed by atoms with Gasteiger partial charge in [-0.15, -0.1) is 10.1 Å².